The molecule has 1 aliphatic rings. The molecule has 0 amide bonds. The molecule has 4 aromatic carbocycles. The van der Waals surface area contributed by atoms with Crippen molar-refractivity contribution in [1.82, 2.24) is 0 Å². The summed E-state index contributed by atoms with van der Waals surface area (Å²) in [7, 11) is 0. The summed E-state index contributed by atoms with van der Waals surface area (Å²) in [5.41, 5.74) is 17.3. The van der Waals surface area contributed by atoms with Gasteiger partial charge in [0.2, 0.25) is 0 Å². The minimum Gasteiger partial charge on any atom is -0.0654 e. The predicted octanol–water partition coefficient (Wildman–Crippen LogP) is 11.0. The Balaban J connectivity index is 1.71. The maximum Gasteiger partial charge on any atom is -0.00130 e. The first-order valence-corrected chi connectivity index (χ1v) is 14.4. The van der Waals surface area contributed by atoms with Crippen LogP contribution in [0.4, 0.5) is 0 Å². The molecule has 0 saturated carbocycles. The van der Waals surface area contributed by atoms with E-state index in [1.54, 1.807) is 0 Å². The molecule has 0 bridgehead atoms. The first-order chi connectivity index (χ1) is 17.9. The highest BCUT2D eigenvalue weighted by Gasteiger charge is 2.26. The minimum absolute atomic E-state index is 0.540. The molecule has 0 spiro atoms. The van der Waals surface area contributed by atoms with Crippen LogP contribution in [-0.2, 0) is 6.42 Å². The molecule has 190 valence electrons. The lowest BCUT2D eigenvalue weighted by Crippen LogP contribution is -2.00. The molecule has 0 radical (unpaired) electrons. The lowest BCUT2D eigenvalue weighted by Gasteiger charge is -2.21. The van der Waals surface area contributed by atoms with Crippen molar-refractivity contribution in [3.63, 3.8) is 0 Å². The maximum atomic E-state index is 2.56. The monoisotopic (exact) mass is 486 g/mol. The molecule has 0 fully saturated rings. The van der Waals surface area contributed by atoms with Crippen molar-refractivity contribution < 1.29 is 0 Å². The van der Waals surface area contributed by atoms with Crippen LogP contribution in [0.3, 0.4) is 0 Å². The fourth-order valence-corrected chi connectivity index (χ4v) is 6.53. The summed E-state index contributed by atoms with van der Waals surface area (Å²) < 4.78 is 0. The Morgan fingerprint density at radius 1 is 0.541 bits per heavy atom. The van der Waals surface area contributed by atoms with Crippen LogP contribution < -0.4 is 0 Å². The van der Waals surface area contributed by atoms with Gasteiger partial charge in [0.1, 0.15) is 0 Å². The molecule has 0 heterocycles. The quantitative estimate of drug-likeness (QED) is 0.204. The average Bonchev–Trinajstić information content (AvgIpc) is 3.24. The van der Waals surface area contributed by atoms with E-state index in [2.05, 4.69) is 114 Å². The van der Waals surface area contributed by atoms with Crippen LogP contribution in [0.2, 0.25) is 0 Å². The molecule has 0 N–H and O–H groups in total. The van der Waals surface area contributed by atoms with E-state index >= 15 is 0 Å². The summed E-state index contributed by atoms with van der Waals surface area (Å²) in [6, 6.07) is 28.0. The van der Waals surface area contributed by atoms with Gasteiger partial charge in [-0.2, -0.15) is 0 Å². The summed E-state index contributed by atoms with van der Waals surface area (Å²) in [5.74, 6) is 1.08. The fourth-order valence-electron chi connectivity index (χ4n) is 6.53. The number of fused-ring (bicyclic) bond motifs is 3. The van der Waals surface area contributed by atoms with Crippen LogP contribution in [0.15, 0.2) is 72.8 Å². The molecule has 0 saturated heterocycles. The number of hydrogen-bond donors (Lipinski definition) is 0. The van der Waals surface area contributed by atoms with Crippen molar-refractivity contribution in [3.05, 3.63) is 106 Å². The molecule has 0 aromatic heterocycles. The maximum absolute atomic E-state index is 2.56. The Bertz CT molecular complexity index is 1310. The zero-order valence-corrected chi connectivity index (χ0v) is 23.6. The fraction of sp³-hybridized carbons (Fsp3) is 0.351. The lowest BCUT2D eigenvalue weighted by molar-refractivity contribution is 0.665. The van der Waals surface area contributed by atoms with Gasteiger partial charge in [0, 0.05) is 0 Å². The first-order valence-electron chi connectivity index (χ1n) is 14.4. The molecule has 2 unspecified atom stereocenters. The van der Waals surface area contributed by atoms with E-state index in [9.17, 15) is 0 Å². The van der Waals surface area contributed by atoms with Crippen LogP contribution in [-0.4, -0.2) is 0 Å². The third-order valence-electron chi connectivity index (χ3n) is 8.60. The molecule has 5 rings (SSSR count). The predicted molar refractivity (Wildman–Crippen MR) is 162 cm³/mol. The zero-order valence-electron chi connectivity index (χ0n) is 23.6. The Morgan fingerprint density at radius 3 is 1.32 bits per heavy atom. The molecule has 4 aromatic rings. The molecule has 37 heavy (non-hydrogen) atoms. The van der Waals surface area contributed by atoms with Crippen LogP contribution in [0.5, 0.6) is 0 Å². The van der Waals surface area contributed by atoms with Crippen LogP contribution in [0.1, 0.15) is 98.6 Å². The van der Waals surface area contributed by atoms with Gasteiger partial charge < -0.3 is 0 Å². The topological polar surface area (TPSA) is 0 Å². The van der Waals surface area contributed by atoms with Crippen LogP contribution >= 0.6 is 0 Å². The van der Waals surface area contributed by atoms with E-state index in [4.69, 9.17) is 0 Å². The summed E-state index contributed by atoms with van der Waals surface area (Å²) in [4.78, 5) is 0. The largest absolute Gasteiger partial charge is 0.0654 e. The zero-order chi connectivity index (χ0) is 26.1. The SMILES string of the molecule is CCCC(C)c1cc2c(cc1-c1ccccc1C)Cc1cc(-c3ccccc3C)c(C(C)CCC)cc1-2. The second kappa shape index (κ2) is 10.7. The Kier molecular flexibility index (Phi) is 7.38. The van der Waals surface area contributed by atoms with Gasteiger partial charge in [-0.05, 0) is 136 Å². The number of aryl methyl sites for hydroxylation is 2. The standard InChI is InChI=1S/C37H42/c1-7-13-24(3)32-22-34-28(20-36(32)30-17-11-9-15-26(30)5)19-29-21-37(31-18-12-10-16-27(31)6)33(23-35(29)34)25(4)14-8-2/h9-12,15-18,20-25H,7-8,13-14,19H2,1-6H3. The molecule has 0 aliphatic heterocycles. The van der Waals surface area contributed by atoms with Crippen molar-refractivity contribution in [3.8, 4) is 33.4 Å². The van der Waals surface area contributed by atoms with Gasteiger partial charge in [0.15, 0.2) is 0 Å². The molecule has 1 aliphatic carbocycles. The van der Waals surface area contributed by atoms with Gasteiger partial charge in [-0.1, -0.05) is 89.1 Å². The summed E-state index contributed by atoms with van der Waals surface area (Å²) in [5, 5.41) is 0. The van der Waals surface area contributed by atoms with Gasteiger partial charge in [-0.15, -0.1) is 0 Å². The van der Waals surface area contributed by atoms with Crippen molar-refractivity contribution in [2.24, 2.45) is 0 Å². The first kappa shape index (κ1) is 25.5. The number of rotatable bonds is 8. The third-order valence-corrected chi connectivity index (χ3v) is 8.60. The molecular weight excluding hydrogens is 444 g/mol. The van der Waals surface area contributed by atoms with Gasteiger partial charge in [-0.3, -0.25) is 0 Å². The van der Waals surface area contributed by atoms with E-state index < -0.39 is 0 Å². The lowest BCUT2D eigenvalue weighted by atomic mass is 9.83. The molecule has 0 nitrogen and oxygen atoms in total. The van der Waals surface area contributed by atoms with E-state index in [1.165, 1.54) is 92.4 Å². The van der Waals surface area contributed by atoms with Gasteiger partial charge >= 0.3 is 0 Å². The van der Waals surface area contributed by atoms with E-state index in [0.29, 0.717) is 11.8 Å². The third kappa shape index (κ3) is 4.79. The molecule has 0 heteroatoms. The van der Waals surface area contributed by atoms with Crippen molar-refractivity contribution in [2.75, 3.05) is 0 Å². The second-order valence-corrected chi connectivity index (χ2v) is 11.4. The normalized spacial score (nSPS) is 13.8. The minimum atomic E-state index is 0.540. The van der Waals surface area contributed by atoms with Crippen LogP contribution in [0, 0.1) is 13.8 Å². The highest BCUT2D eigenvalue weighted by molar-refractivity contribution is 5.86. The molecular formula is C37H42. The Labute approximate surface area is 224 Å². The average molecular weight is 487 g/mol. The van der Waals surface area contributed by atoms with Crippen molar-refractivity contribution in [1.29, 1.82) is 0 Å². The van der Waals surface area contributed by atoms with Crippen molar-refractivity contribution in [2.45, 2.75) is 85.5 Å². The summed E-state index contributed by atoms with van der Waals surface area (Å²) in [6.07, 6.45) is 5.87. The van der Waals surface area contributed by atoms with E-state index in [-0.39, 0.29) is 0 Å². The molecule has 2 atom stereocenters. The van der Waals surface area contributed by atoms with E-state index in [1.807, 2.05) is 0 Å². The van der Waals surface area contributed by atoms with Gasteiger partial charge in [0.05, 0.1) is 0 Å². The highest BCUT2D eigenvalue weighted by Crippen LogP contribution is 2.47. The number of hydrogen-bond acceptors (Lipinski definition) is 0. The second-order valence-electron chi connectivity index (χ2n) is 11.4. The van der Waals surface area contributed by atoms with Gasteiger partial charge in [0.25, 0.3) is 0 Å². The summed E-state index contributed by atoms with van der Waals surface area (Å²) in [6.45, 7) is 13.9. The number of benzene rings is 4. The Morgan fingerprint density at radius 2 is 0.946 bits per heavy atom. The Hall–Kier alpha value is -3.12. The smallest absolute Gasteiger partial charge is 0.00130 e. The van der Waals surface area contributed by atoms with Crippen LogP contribution in [0.25, 0.3) is 33.4 Å². The summed E-state index contributed by atoms with van der Waals surface area (Å²) >= 11 is 0. The van der Waals surface area contributed by atoms with E-state index in [0.717, 1.165) is 6.42 Å². The highest BCUT2D eigenvalue weighted by atomic mass is 14.3. The van der Waals surface area contributed by atoms with Crippen molar-refractivity contribution >= 4 is 0 Å². The van der Waals surface area contributed by atoms with Gasteiger partial charge in [-0.25, -0.2) is 0 Å².